The van der Waals surface area contributed by atoms with E-state index in [1.807, 2.05) is 6.07 Å². The van der Waals surface area contributed by atoms with Gasteiger partial charge in [-0.15, -0.1) is 0 Å². The molecule has 1 rings (SSSR count). The molecule has 0 saturated heterocycles. The molecule has 0 atom stereocenters. The molecule has 0 aliphatic heterocycles. The number of para-hydroxylation sites is 1. The fourth-order valence-electron chi connectivity index (χ4n) is 0.843. The van der Waals surface area contributed by atoms with E-state index in [0.717, 1.165) is 0 Å². The predicted molar refractivity (Wildman–Crippen MR) is 50.5 cm³/mol. The third-order valence-corrected chi connectivity index (χ3v) is 1.46. The Bertz CT molecular complexity index is 333. The number of aliphatic carboxylic acids is 1. The summed E-state index contributed by atoms with van der Waals surface area (Å²) in [7, 11) is 0. The summed E-state index contributed by atoms with van der Waals surface area (Å²) in [5.74, 6) is -1.37. The molecule has 1 aromatic rings. The van der Waals surface area contributed by atoms with Crippen molar-refractivity contribution in [3.8, 4) is 5.75 Å². The zero-order valence-corrected chi connectivity index (χ0v) is 7.88. The van der Waals surface area contributed by atoms with Crippen LogP contribution >= 0.6 is 0 Å². The lowest BCUT2D eigenvalue weighted by atomic mass is 10.3. The topological polar surface area (TPSA) is 72.8 Å². The Kier molecular flexibility index (Phi) is 4.15. The van der Waals surface area contributed by atoms with Crippen LogP contribution in [0.25, 0.3) is 0 Å². The van der Waals surface area contributed by atoms with Crippen molar-refractivity contribution < 1.29 is 24.2 Å². The highest BCUT2D eigenvalue weighted by Crippen LogP contribution is 2.07. The van der Waals surface area contributed by atoms with E-state index < -0.39 is 18.5 Å². The molecule has 80 valence electrons. The molecular formula is C10H10O5. The Labute approximate surface area is 86.2 Å². The van der Waals surface area contributed by atoms with Gasteiger partial charge in [-0.1, -0.05) is 18.2 Å². The number of ether oxygens (including phenoxy) is 2. The molecule has 0 radical (unpaired) electrons. The first-order valence-corrected chi connectivity index (χ1v) is 4.24. The zero-order valence-electron chi connectivity index (χ0n) is 7.88. The Morgan fingerprint density at radius 2 is 1.80 bits per heavy atom. The maximum Gasteiger partial charge on any atom is 0.344 e. The molecule has 1 N–H and O–H groups in total. The summed E-state index contributed by atoms with van der Waals surface area (Å²) in [6.45, 7) is -0.936. The zero-order chi connectivity index (χ0) is 11.1. The van der Waals surface area contributed by atoms with Gasteiger partial charge < -0.3 is 14.6 Å². The van der Waals surface area contributed by atoms with Gasteiger partial charge in [0.05, 0.1) is 0 Å². The lowest BCUT2D eigenvalue weighted by Crippen LogP contribution is -2.18. The Hall–Kier alpha value is -2.04. The number of rotatable bonds is 5. The molecule has 1 aromatic carbocycles. The molecule has 0 bridgehead atoms. The van der Waals surface area contributed by atoms with Crippen molar-refractivity contribution >= 4 is 11.9 Å². The van der Waals surface area contributed by atoms with Crippen LogP contribution in [0.4, 0.5) is 0 Å². The molecule has 5 nitrogen and oxygen atoms in total. The summed E-state index contributed by atoms with van der Waals surface area (Å²) in [6.07, 6.45) is 0. The molecule has 0 saturated carbocycles. The van der Waals surface area contributed by atoms with Gasteiger partial charge in [0.2, 0.25) is 0 Å². The first-order valence-electron chi connectivity index (χ1n) is 4.24. The number of hydrogen-bond acceptors (Lipinski definition) is 4. The van der Waals surface area contributed by atoms with Crippen molar-refractivity contribution in [2.24, 2.45) is 0 Å². The van der Waals surface area contributed by atoms with E-state index in [0.29, 0.717) is 5.75 Å². The highest BCUT2D eigenvalue weighted by molar-refractivity contribution is 5.76. The van der Waals surface area contributed by atoms with Crippen LogP contribution in [-0.2, 0) is 14.3 Å². The van der Waals surface area contributed by atoms with Crippen molar-refractivity contribution in [1.29, 1.82) is 0 Å². The van der Waals surface area contributed by atoms with Gasteiger partial charge in [0.15, 0.2) is 13.2 Å². The third-order valence-electron chi connectivity index (χ3n) is 1.46. The number of carbonyl (C=O) groups is 2. The van der Waals surface area contributed by atoms with Crippen LogP contribution in [0, 0.1) is 0 Å². The molecular weight excluding hydrogens is 200 g/mol. The Morgan fingerprint density at radius 3 is 2.40 bits per heavy atom. The SMILES string of the molecule is O=C(O)COC(=O)COc1ccccc1. The van der Waals surface area contributed by atoms with Crippen LogP contribution in [0.3, 0.4) is 0 Å². The summed E-state index contributed by atoms with van der Waals surface area (Å²) in [4.78, 5) is 21.0. The molecule has 0 aliphatic carbocycles. The maximum absolute atomic E-state index is 10.9. The first kappa shape index (κ1) is 11.0. The third kappa shape index (κ3) is 4.66. The van der Waals surface area contributed by atoms with E-state index in [9.17, 15) is 9.59 Å². The summed E-state index contributed by atoms with van der Waals surface area (Å²) in [6, 6.07) is 8.71. The van der Waals surface area contributed by atoms with Crippen molar-refractivity contribution in [3.63, 3.8) is 0 Å². The first-order chi connectivity index (χ1) is 7.18. The number of benzene rings is 1. The van der Waals surface area contributed by atoms with Gasteiger partial charge in [-0.3, -0.25) is 0 Å². The van der Waals surface area contributed by atoms with E-state index in [1.54, 1.807) is 24.3 Å². The minimum absolute atomic E-state index is 0.294. The van der Waals surface area contributed by atoms with Crippen molar-refractivity contribution in [2.45, 2.75) is 0 Å². The van der Waals surface area contributed by atoms with Crippen LogP contribution in [0.15, 0.2) is 30.3 Å². The van der Waals surface area contributed by atoms with Gasteiger partial charge in [0.25, 0.3) is 0 Å². The van der Waals surface area contributed by atoms with Crippen molar-refractivity contribution in [2.75, 3.05) is 13.2 Å². The summed E-state index contributed by atoms with van der Waals surface area (Å²) >= 11 is 0. The molecule has 5 heteroatoms. The highest BCUT2D eigenvalue weighted by atomic mass is 16.6. The van der Waals surface area contributed by atoms with Crippen LogP contribution in [0.1, 0.15) is 0 Å². The van der Waals surface area contributed by atoms with Crippen LogP contribution in [0.5, 0.6) is 5.75 Å². The number of carboxylic acid groups (broad SMARTS) is 1. The molecule has 0 spiro atoms. The molecule has 0 amide bonds. The van der Waals surface area contributed by atoms with Gasteiger partial charge in [-0.2, -0.15) is 0 Å². The lowest BCUT2D eigenvalue weighted by Gasteiger charge is -2.04. The Morgan fingerprint density at radius 1 is 1.13 bits per heavy atom. The fraction of sp³-hybridized carbons (Fsp3) is 0.200. The van der Waals surface area contributed by atoms with E-state index in [4.69, 9.17) is 9.84 Å². The summed E-state index contributed by atoms with van der Waals surface area (Å²) in [5.41, 5.74) is 0. The molecule has 15 heavy (non-hydrogen) atoms. The van der Waals surface area contributed by atoms with Crippen molar-refractivity contribution in [1.82, 2.24) is 0 Å². The largest absolute Gasteiger partial charge is 0.482 e. The number of esters is 1. The number of carboxylic acids is 1. The number of hydrogen-bond donors (Lipinski definition) is 1. The molecule has 0 aromatic heterocycles. The number of carbonyl (C=O) groups excluding carboxylic acids is 1. The summed E-state index contributed by atoms with van der Waals surface area (Å²) < 4.78 is 9.39. The monoisotopic (exact) mass is 210 g/mol. The smallest absolute Gasteiger partial charge is 0.344 e. The second kappa shape index (κ2) is 5.64. The average Bonchev–Trinajstić information content (AvgIpc) is 2.25. The van der Waals surface area contributed by atoms with Gasteiger partial charge in [0.1, 0.15) is 5.75 Å². The van der Waals surface area contributed by atoms with Gasteiger partial charge in [-0.25, -0.2) is 9.59 Å². The Balaban J connectivity index is 2.26. The average molecular weight is 210 g/mol. The van der Waals surface area contributed by atoms with Gasteiger partial charge in [0, 0.05) is 0 Å². The van der Waals surface area contributed by atoms with Crippen LogP contribution < -0.4 is 4.74 Å². The van der Waals surface area contributed by atoms with Gasteiger partial charge >= 0.3 is 11.9 Å². The highest BCUT2D eigenvalue weighted by Gasteiger charge is 2.06. The fourth-order valence-corrected chi connectivity index (χ4v) is 0.843. The van der Waals surface area contributed by atoms with E-state index in [-0.39, 0.29) is 6.61 Å². The molecule has 0 fully saturated rings. The van der Waals surface area contributed by atoms with E-state index in [2.05, 4.69) is 4.74 Å². The maximum atomic E-state index is 10.9. The second-order valence-corrected chi connectivity index (χ2v) is 2.66. The minimum Gasteiger partial charge on any atom is -0.482 e. The second-order valence-electron chi connectivity index (χ2n) is 2.66. The summed E-state index contributed by atoms with van der Waals surface area (Å²) in [5, 5.41) is 8.23. The van der Waals surface area contributed by atoms with Crippen molar-refractivity contribution in [3.05, 3.63) is 30.3 Å². The predicted octanol–water partition coefficient (Wildman–Crippen LogP) is 0.693. The lowest BCUT2D eigenvalue weighted by molar-refractivity contribution is -0.156. The van der Waals surface area contributed by atoms with Gasteiger partial charge in [-0.05, 0) is 12.1 Å². The quantitative estimate of drug-likeness (QED) is 0.724. The van der Waals surface area contributed by atoms with Crippen LogP contribution in [-0.4, -0.2) is 30.3 Å². The van der Waals surface area contributed by atoms with E-state index >= 15 is 0 Å². The molecule has 0 aliphatic rings. The normalized spacial score (nSPS) is 9.33. The molecule has 0 unspecified atom stereocenters. The van der Waals surface area contributed by atoms with E-state index in [1.165, 1.54) is 0 Å². The molecule has 0 heterocycles. The minimum atomic E-state index is -1.19. The standard InChI is InChI=1S/C10H10O5/c11-9(12)6-15-10(13)7-14-8-4-2-1-3-5-8/h1-5H,6-7H2,(H,11,12). The van der Waals surface area contributed by atoms with Crippen LogP contribution in [0.2, 0.25) is 0 Å².